The van der Waals surface area contributed by atoms with Crippen molar-refractivity contribution >= 4 is 18.0 Å². The monoisotopic (exact) mass is 349 g/mol. The van der Waals surface area contributed by atoms with Crippen molar-refractivity contribution in [3.05, 3.63) is 29.8 Å². The molecule has 8 nitrogen and oxygen atoms in total. The highest BCUT2D eigenvalue weighted by molar-refractivity contribution is 6.35. The van der Waals surface area contributed by atoms with Crippen LogP contribution in [0.1, 0.15) is 12.0 Å². The van der Waals surface area contributed by atoms with E-state index >= 15 is 0 Å². The Kier molecular flexibility index (Phi) is 7.87. The molecule has 8 heteroatoms. The van der Waals surface area contributed by atoms with Gasteiger partial charge in [0.15, 0.2) is 0 Å². The van der Waals surface area contributed by atoms with E-state index in [0.29, 0.717) is 17.9 Å². The lowest BCUT2D eigenvalue weighted by molar-refractivity contribution is -0.908. The molecule has 136 valence electrons. The second kappa shape index (κ2) is 10.4. The molecule has 0 aliphatic carbocycles. The maximum Gasteiger partial charge on any atom is 0.329 e. The van der Waals surface area contributed by atoms with Gasteiger partial charge < -0.3 is 19.7 Å². The smallest absolute Gasteiger partial charge is 0.329 e. The molecule has 1 aromatic rings. The first kappa shape index (κ1) is 18.9. The molecule has 1 aliphatic rings. The Balaban J connectivity index is 1.66. The first-order valence-corrected chi connectivity index (χ1v) is 8.36. The van der Waals surface area contributed by atoms with Crippen molar-refractivity contribution in [3.63, 3.8) is 0 Å². The highest BCUT2D eigenvalue weighted by Crippen LogP contribution is 2.14. The number of para-hydroxylation sites is 1. The van der Waals surface area contributed by atoms with E-state index < -0.39 is 11.8 Å². The van der Waals surface area contributed by atoms with E-state index in [1.54, 1.807) is 19.2 Å². The number of quaternary nitrogens is 1. The predicted molar refractivity (Wildman–Crippen MR) is 92.7 cm³/mol. The zero-order valence-electron chi connectivity index (χ0n) is 14.4. The number of carbonyl (C=O) groups is 2. The predicted octanol–water partition coefficient (Wildman–Crippen LogP) is -1.43. The highest BCUT2D eigenvalue weighted by atomic mass is 16.5. The van der Waals surface area contributed by atoms with Crippen LogP contribution < -0.4 is 20.4 Å². The fourth-order valence-electron chi connectivity index (χ4n) is 2.51. The minimum absolute atomic E-state index is 0.465. The van der Waals surface area contributed by atoms with Crippen molar-refractivity contribution < 1.29 is 24.0 Å². The zero-order chi connectivity index (χ0) is 17.9. The fraction of sp³-hybridized carbons (Fsp3) is 0.471. The van der Waals surface area contributed by atoms with Crippen LogP contribution >= 0.6 is 0 Å². The molecule has 1 heterocycles. The van der Waals surface area contributed by atoms with Crippen molar-refractivity contribution in [2.45, 2.75) is 6.42 Å². The van der Waals surface area contributed by atoms with Crippen LogP contribution in [0.25, 0.3) is 0 Å². The Morgan fingerprint density at radius 1 is 1.28 bits per heavy atom. The molecule has 1 fully saturated rings. The molecule has 25 heavy (non-hydrogen) atoms. The number of nitrogens with one attached hydrogen (secondary N) is 3. The topological polar surface area (TPSA) is 93.5 Å². The molecule has 1 aromatic carbocycles. The fourth-order valence-corrected chi connectivity index (χ4v) is 2.51. The Morgan fingerprint density at radius 2 is 2.04 bits per heavy atom. The van der Waals surface area contributed by atoms with Gasteiger partial charge in [-0.15, -0.1) is 0 Å². The SMILES string of the molecule is COc1ccccc1/C=N\NC(=O)C(=O)NCCC[NH+]1CCOCC1. The molecule has 0 saturated carbocycles. The summed E-state index contributed by atoms with van der Waals surface area (Å²) in [5.74, 6) is -0.838. The number of hydrogen-bond acceptors (Lipinski definition) is 5. The lowest BCUT2D eigenvalue weighted by atomic mass is 10.2. The van der Waals surface area contributed by atoms with Gasteiger partial charge in [-0.1, -0.05) is 12.1 Å². The highest BCUT2D eigenvalue weighted by Gasteiger charge is 2.15. The molecule has 0 bridgehead atoms. The molecule has 0 unspecified atom stereocenters. The van der Waals surface area contributed by atoms with Crippen molar-refractivity contribution in [3.8, 4) is 5.75 Å². The summed E-state index contributed by atoms with van der Waals surface area (Å²) >= 11 is 0. The number of benzene rings is 1. The number of nitrogens with zero attached hydrogens (tertiary/aromatic N) is 1. The quantitative estimate of drug-likeness (QED) is 0.243. The summed E-state index contributed by atoms with van der Waals surface area (Å²) in [6.45, 7) is 4.98. The maximum absolute atomic E-state index is 11.7. The number of hydrogen-bond donors (Lipinski definition) is 3. The number of amides is 2. The zero-order valence-corrected chi connectivity index (χ0v) is 14.4. The van der Waals surface area contributed by atoms with E-state index in [4.69, 9.17) is 9.47 Å². The summed E-state index contributed by atoms with van der Waals surface area (Å²) in [7, 11) is 1.55. The van der Waals surface area contributed by atoms with Crippen LogP contribution in [-0.4, -0.2) is 64.5 Å². The second-order valence-corrected chi connectivity index (χ2v) is 5.66. The van der Waals surface area contributed by atoms with Gasteiger partial charge in [0.1, 0.15) is 18.8 Å². The van der Waals surface area contributed by atoms with Gasteiger partial charge in [0.05, 0.1) is 33.1 Å². The Hall–Kier alpha value is -2.45. The molecule has 2 rings (SSSR count). The third-order valence-electron chi connectivity index (χ3n) is 3.91. The van der Waals surface area contributed by atoms with E-state index in [-0.39, 0.29) is 0 Å². The minimum Gasteiger partial charge on any atom is -0.496 e. The van der Waals surface area contributed by atoms with E-state index in [2.05, 4.69) is 15.8 Å². The van der Waals surface area contributed by atoms with Crippen LogP contribution in [-0.2, 0) is 14.3 Å². The van der Waals surface area contributed by atoms with Gasteiger partial charge in [0, 0.05) is 18.5 Å². The number of morpholine rings is 1. The normalized spacial score (nSPS) is 15.1. The molecule has 0 aromatic heterocycles. The molecule has 0 spiro atoms. The van der Waals surface area contributed by atoms with E-state index in [1.165, 1.54) is 11.1 Å². The Morgan fingerprint density at radius 3 is 2.80 bits per heavy atom. The van der Waals surface area contributed by atoms with Crippen LogP contribution in [0.2, 0.25) is 0 Å². The number of ether oxygens (including phenoxy) is 2. The minimum atomic E-state index is -0.787. The largest absolute Gasteiger partial charge is 0.496 e. The molecule has 2 amide bonds. The summed E-state index contributed by atoms with van der Waals surface area (Å²) in [4.78, 5) is 24.9. The van der Waals surface area contributed by atoms with Crippen LogP contribution in [0.15, 0.2) is 29.4 Å². The second-order valence-electron chi connectivity index (χ2n) is 5.66. The van der Waals surface area contributed by atoms with Gasteiger partial charge in [-0.05, 0) is 12.1 Å². The first-order valence-electron chi connectivity index (χ1n) is 8.36. The summed E-state index contributed by atoms with van der Waals surface area (Å²) in [6.07, 6.45) is 2.25. The Labute approximate surface area is 147 Å². The lowest BCUT2D eigenvalue weighted by Crippen LogP contribution is -3.14. The van der Waals surface area contributed by atoms with Gasteiger partial charge in [-0.2, -0.15) is 5.10 Å². The van der Waals surface area contributed by atoms with Crippen molar-refractivity contribution in [2.75, 3.05) is 46.5 Å². The molecular weight excluding hydrogens is 324 g/mol. The maximum atomic E-state index is 11.7. The van der Waals surface area contributed by atoms with Gasteiger partial charge in [-0.25, -0.2) is 5.43 Å². The summed E-state index contributed by atoms with van der Waals surface area (Å²) in [6, 6.07) is 7.24. The van der Waals surface area contributed by atoms with Crippen LogP contribution in [0.3, 0.4) is 0 Å². The molecule has 1 aliphatic heterocycles. The van der Waals surface area contributed by atoms with Crippen molar-refractivity contribution in [2.24, 2.45) is 5.10 Å². The van der Waals surface area contributed by atoms with Crippen LogP contribution in [0, 0.1) is 0 Å². The average molecular weight is 349 g/mol. The standard InChI is InChI=1S/C17H24N4O4/c1-24-15-6-3-2-5-14(15)13-19-20-17(23)16(22)18-7-4-8-21-9-11-25-12-10-21/h2-3,5-6,13H,4,7-12H2,1H3,(H,18,22)(H,20,23)/p+1/b19-13-. The third kappa shape index (κ3) is 6.52. The van der Waals surface area contributed by atoms with Gasteiger partial charge in [-0.3, -0.25) is 9.59 Å². The van der Waals surface area contributed by atoms with Gasteiger partial charge in [0.2, 0.25) is 0 Å². The number of hydrazone groups is 1. The average Bonchev–Trinajstić information content (AvgIpc) is 2.66. The summed E-state index contributed by atoms with van der Waals surface area (Å²) in [5.41, 5.74) is 2.92. The molecular formula is C17H25N4O4+. The number of carbonyl (C=O) groups excluding carboxylic acids is 2. The molecule has 0 atom stereocenters. The third-order valence-corrected chi connectivity index (χ3v) is 3.91. The first-order chi connectivity index (χ1) is 12.2. The number of methoxy groups -OCH3 is 1. The number of rotatable bonds is 7. The van der Waals surface area contributed by atoms with Crippen LogP contribution in [0.5, 0.6) is 5.75 Å². The molecule has 0 radical (unpaired) electrons. The van der Waals surface area contributed by atoms with Gasteiger partial charge >= 0.3 is 11.8 Å². The van der Waals surface area contributed by atoms with Gasteiger partial charge in [0.25, 0.3) is 0 Å². The Bertz CT molecular complexity index is 600. The molecule has 1 saturated heterocycles. The van der Waals surface area contributed by atoms with E-state index in [9.17, 15) is 9.59 Å². The summed E-state index contributed by atoms with van der Waals surface area (Å²) in [5, 5.41) is 6.39. The molecule has 3 N–H and O–H groups in total. The van der Waals surface area contributed by atoms with Crippen molar-refractivity contribution in [1.82, 2.24) is 10.7 Å². The van der Waals surface area contributed by atoms with E-state index in [0.717, 1.165) is 39.3 Å². The van der Waals surface area contributed by atoms with Crippen LogP contribution in [0.4, 0.5) is 0 Å². The van der Waals surface area contributed by atoms with Crippen molar-refractivity contribution in [1.29, 1.82) is 0 Å². The summed E-state index contributed by atoms with van der Waals surface area (Å²) < 4.78 is 10.5. The lowest BCUT2D eigenvalue weighted by Gasteiger charge is -2.23. The van der Waals surface area contributed by atoms with E-state index in [1.807, 2.05) is 12.1 Å².